The van der Waals surface area contributed by atoms with E-state index in [0.29, 0.717) is 43.1 Å². The van der Waals surface area contributed by atoms with E-state index in [9.17, 15) is 30.3 Å². The summed E-state index contributed by atoms with van der Waals surface area (Å²) in [7, 11) is 0. The maximum atomic E-state index is 11.8. The van der Waals surface area contributed by atoms with E-state index in [0.717, 1.165) is 0 Å². The smallest absolute Gasteiger partial charge is 0.336 e. The van der Waals surface area contributed by atoms with Crippen molar-refractivity contribution < 1.29 is 19.8 Å². The van der Waals surface area contributed by atoms with Crippen LogP contribution in [0.15, 0.2) is 48.5 Å². The summed E-state index contributed by atoms with van der Waals surface area (Å²) in [6, 6.07) is 17.0. The van der Waals surface area contributed by atoms with Crippen molar-refractivity contribution in [3.05, 3.63) is 70.8 Å². The SMILES string of the molecule is N#Cc1ccc2c3ccc(C(=O)O)c4c(C#N)ccc(c5ccc(C(=O)O)c1c25)c43. The molecular formula is C24H10N2O4. The molecule has 0 saturated heterocycles. The second kappa shape index (κ2) is 5.91. The highest BCUT2D eigenvalue weighted by Crippen LogP contribution is 2.43. The van der Waals surface area contributed by atoms with Crippen LogP contribution in [0.5, 0.6) is 0 Å². The summed E-state index contributed by atoms with van der Waals surface area (Å²) in [6.07, 6.45) is 0. The number of carbonyl (C=O) groups is 2. The molecule has 0 aromatic heterocycles. The zero-order chi connectivity index (χ0) is 21.2. The van der Waals surface area contributed by atoms with Gasteiger partial charge >= 0.3 is 11.9 Å². The van der Waals surface area contributed by atoms with E-state index in [2.05, 4.69) is 12.1 Å². The molecule has 0 bridgehead atoms. The van der Waals surface area contributed by atoms with Crippen molar-refractivity contribution in [3.63, 3.8) is 0 Å². The second-order valence-corrected chi connectivity index (χ2v) is 6.98. The Balaban J connectivity index is 2.19. The number of fused-ring (bicyclic) bond motifs is 2. The molecule has 0 heterocycles. The molecule has 0 spiro atoms. The molecule has 30 heavy (non-hydrogen) atoms. The molecule has 140 valence electrons. The van der Waals surface area contributed by atoms with Crippen molar-refractivity contribution in [1.82, 2.24) is 0 Å². The fourth-order valence-electron chi connectivity index (χ4n) is 4.43. The summed E-state index contributed by atoms with van der Waals surface area (Å²) >= 11 is 0. The van der Waals surface area contributed by atoms with E-state index in [-0.39, 0.29) is 22.3 Å². The van der Waals surface area contributed by atoms with Crippen molar-refractivity contribution in [2.45, 2.75) is 0 Å². The van der Waals surface area contributed by atoms with Gasteiger partial charge in [-0.25, -0.2) is 9.59 Å². The molecule has 0 unspecified atom stereocenters. The number of nitriles is 2. The number of rotatable bonds is 2. The Morgan fingerprint density at radius 3 is 1.20 bits per heavy atom. The fourth-order valence-corrected chi connectivity index (χ4v) is 4.43. The molecule has 0 amide bonds. The third-order valence-corrected chi connectivity index (χ3v) is 5.60. The van der Waals surface area contributed by atoms with Crippen molar-refractivity contribution >= 4 is 55.0 Å². The normalized spacial score (nSPS) is 11.1. The monoisotopic (exact) mass is 390 g/mol. The lowest BCUT2D eigenvalue weighted by atomic mass is 9.84. The van der Waals surface area contributed by atoms with Crippen LogP contribution in [0.3, 0.4) is 0 Å². The maximum Gasteiger partial charge on any atom is 0.336 e. The number of carboxylic acid groups (broad SMARTS) is 2. The molecule has 0 aliphatic rings. The lowest BCUT2D eigenvalue weighted by Gasteiger charge is -2.17. The van der Waals surface area contributed by atoms with Crippen LogP contribution in [-0.4, -0.2) is 22.2 Å². The quantitative estimate of drug-likeness (QED) is 0.327. The largest absolute Gasteiger partial charge is 0.478 e. The molecule has 0 aliphatic heterocycles. The summed E-state index contributed by atoms with van der Waals surface area (Å²) in [5.41, 5.74) is 0.567. The second-order valence-electron chi connectivity index (χ2n) is 6.98. The summed E-state index contributed by atoms with van der Waals surface area (Å²) in [5.74, 6) is -2.26. The molecule has 6 nitrogen and oxygen atoms in total. The fraction of sp³-hybridized carbons (Fsp3) is 0. The molecular weight excluding hydrogens is 380 g/mol. The van der Waals surface area contributed by atoms with Crippen LogP contribution in [0, 0.1) is 22.7 Å². The number of benzene rings is 5. The van der Waals surface area contributed by atoms with E-state index < -0.39 is 11.9 Å². The van der Waals surface area contributed by atoms with Gasteiger partial charge in [-0.05, 0) is 56.6 Å². The summed E-state index contributed by atoms with van der Waals surface area (Å²) in [6.45, 7) is 0. The number of carboxylic acids is 2. The van der Waals surface area contributed by atoms with Crippen molar-refractivity contribution in [2.75, 3.05) is 0 Å². The lowest BCUT2D eigenvalue weighted by Crippen LogP contribution is -2.02. The average molecular weight is 390 g/mol. The standard InChI is InChI=1S/C24H10N2O4/c25-9-11-1-3-13-15-5-8-18(24(29)30)20-12(10-26)2-4-14(22(15)20)16-6-7-17(23(27)28)19(11)21(13)16/h1-8H,(H,27,28)(H,29,30). The van der Waals surface area contributed by atoms with Gasteiger partial charge in [0, 0.05) is 10.8 Å². The Bertz CT molecular complexity index is 1520. The Morgan fingerprint density at radius 2 is 0.900 bits per heavy atom. The predicted molar refractivity (Wildman–Crippen MR) is 111 cm³/mol. The first kappa shape index (κ1) is 17.4. The average Bonchev–Trinajstić information content (AvgIpc) is 2.75. The van der Waals surface area contributed by atoms with E-state index in [1.54, 1.807) is 36.4 Å². The molecule has 5 aromatic carbocycles. The van der Waals surface area contributed by atoms with Gasteiger partial charge in [-0.3, -0.25) is 0 Å². The van der Waals surface area contributed by atoms with E-state index in [1.807, 2.05) is 0 Å². The van der Waals surface area contributed by atoms with E-state index >= 15 is 0 Å². The van der Waals surface area contributed by atoms with Crippen LogP contribution < -0.4 is 0 Å². The molecule has 0 aliphatic carbocycles. The van der Waals surface area contributed by atoms with Crippen molar-refractivity contribution in [2.24, 2.45) is 0 Å². The summed E-state index contributed by atoms with van der Waals surface area (Å²) in [5, 5.41) is 43.3. The zero-order valence-electron chi connectivity index (χ0n) is 15.2. The van der Waals surface area contributed by atoms with Gasteiger partial charge in [0.15, 0.2) is 0 Å². The number of aromatic carboxylic acids is 2. The first-order chi connectivity index (χ1) is 14.5. The van der Waals surface area contributed by atoms with Crippen LogP contribution in [0.1, 0.15) is 31.8 Å². The highest BCUT2D eigenvalue weighted by atomic mass is 16.4. The Hall–Kier alpha value is -4.68. The Labute approximate surface area is 168 Å². The van der Waals surface area contributed by atoms with Crippen LogP contribution in [0.2, 0.25) is 0 Å². The van der Waals surface area contributed by atoms with Gasteiger partial charge in [-0.1, -0.05) is 24.3 Å². The third kappa shape index (κ3) is 2.05. The zero-order valence-corrected chi connectivity index (χ0v) is 15.2. The van der Waals surface area contributed by atoms with E-state index in [4.69, 9.17) is 0 Å². The minimum absolute atomic E-state index is 0.0302. The van der Waals surface area contributed by atoms with Gasteiger partial charge in [0.2, 0.25) is 0 Å². The molecule has 0 saturated carbocycles. The topological polar surface area (TPSA) is 122 Å². The number of hydrogen-bond donors (Lipinski definition) is 2. The number of nitrogens with zero attached hydrogens (tertiary/aromatic N) is 2. The molecule has 5 aromatic rings. The molecule has 0 fully saturated rings. The van der Waals surface area contributed by atoms with Crippen LogP contribution in [0.4, 0.5) is 0 Å². The van der Waals surface area contributed by atoms with Crippen LogP contribution >= 0.6 is 0 Å². The van der Waals surface area contributed by atoms with Crippen molar-refractivity contribution in [3.8, 4) is 12.1 Å². The molecule has 6 heteroatoms. The summed E-state index contributed by atoms with van der Waals surface area (Å²) in [4.78, 5) is 23.7. The molecule has 2 N–H and O–H groups in total. The number of hydrogen-bond acceptors (Lipinski definition) is 4. The van der Waals surface area contributed by atoms with Crippen molar-refractivity contribution in [1.29, 1.82) is 10.5 Å². The predicted octanol–water partition coefficient (Wildman–Crippen LogP) is 4.88. The van der Waals surface area contributed by atoms with E-state index in [1.165, 1.54) is 12.1 Å². The lowest BCUT2D eigenvalue weighted by molar-refractivity contribution is 0.0688. The van der Waals surface area contributed by atoms with Gasteiger partial charge in [0.25, 0.3) is 0 Å². The molecule has 5 rings (SSSR count). The summed E-state index contributed by atoms with van der Waals surface area (Å²) < 4.78 is 0. The highest BCUT2D eigenvalue weighted by Gasteiger charge is 2.22. The first-order valence-corrected chi connectivity index (χ1v) is 8.95. The minimum Gasteiger partial charge on any atom is -0.478 e. The minimum atomic E-state index is -1.13. The first-order valence-electron chi connectivity index (χ1n) is 8.95. The van der Waals surface area contributed by atoms with Gasteiger partial charge in [-0.2, -0.15) is 10.5 Å². The van der Waals surface area contributed by atoms with Crippen LogP contribution in [-0.2, 0) is 0 Å². The van der Waals surface area contributed by atoms with Crippen LogP contribution in [0.25, 0.3) is 43.1 Å². The Morgan fingerprint density at radius 1 is 0.567 bits per heavy atom. The van der Waals surface area contributed by atoms with Gasteiger partial charge in [0.05, 0.1) is 34.4 Å². The molecule has 0 radical (unpaired) electrons. The molecule has 0 atom stereocenters. The van der Waals surface area contributed by atoms with Gasteiger partial charge in [-0.15, -0.1) is 0 Å². The Kier molecular flexibility index (Phi) is 3.43. The maximum absolute atomic E-state index is 11.8. The van der Waals surface area contributed by atoms with Gasteiger partial charge < -0.3 is 10.2 Å². The third-order valence-electron chi connectivity index (χ3n) is 5.60. The highest BCUT2D eigenvalue weighted by molar-refractivity contribution is 6.36. The van der Waals surface area contributed by atoms with Gasteiger partial charge in [0.1, 0.15) is 0 Å².